The Morgan fingerprint density at radius 2 is 1.52 bits per heavy atom. The molecule has 0 saturated carbocycles. The number of fused-ring (bicyclic) bond motifs is 2. The SMILES string of the molecule is O=P(O)(Oc1c[nH]c2ccccc12)OP(=O)(O)Oc1c[nH]c2ccc(Br)c(Cl)c12. The molecular weight excluding hydrogens is 509 g/mol. The second-order valence-corrected chi connectivity index (χ2v) is 9.96. The van der Waals surface area contributed by atoms with Gasteiger partial charge in [-0.15, -0.1) is 0 Å². The summed E-state index contributed by atoms with van der Waals surface area (Å²) in [5, 5.41) is 1.01. The van der Waals surface area contributed by atoms with Gasteiger partial charge in [0.25, 0.3) is 0 Å². The molecule has 2 aromatic carbocycles. The molecule has 9 nitrogen and oxygen atoms in total. The van der Waals surface area contributed by atoms with Crippen molar-refractivity contribution in [3.8, 4) is 11.5 Å². The number of aromatic amines is 2. The average molecular weight is 522 g/mol. The molecule has 4 aromatic rings. The van der Waals surface area contributed by atoms with Crippen LogP contribution in [0.1, 0.15) is 0 Å². The summed E-state index contributed by atoms with van der Waals surface area (Å²) in [5.41, 5.74) is 1.17. The van der Waals surface area contributed by atoms with Gasteiger partial charge in [-0.2, -0.15) is 4.31 Å². The first-order valence-corrected chi connectivity index (χ1v) is 12.1. The van der Waals surface area contributed by atoms with Crippen LogP contribution >= 0.6 is 43.2 Å². The van der Waals surface area contributed by atoms with Gasteiger partial charge < -0.3 is 19.0 Å². The van der Waals surface area contributed by atoms with Crippen molar-refractivity contribution in [2.75, 3.05) is 0 Å². The first-order chi connectivity index (χ1) is 13.7. The molecule has 13 heteroatoms. The van der Waals surface area contributed by atoms with Gasteiger partial charge in [-0.25, -0.2) is 9.13 Å². The maximum absolute atomic E-state index is 12.4. The highest BCUT2D eigenvalue weighted by atomic mass is 79.9. The quantitative estimate of drug-likeness (QED) is 0.238. The number of aromatic nitrogens is 2. The maximum atomic E-state index is 12.4. The molecule has 29 heavy (non-hydrogen) atoms. The van der Waals surface area contributed by atoms with Crippen molar-refractivity contribution < 1.29 is 32.3 Å². The first kappa shape index (κ1) is 20.5. The molecule has 0 bridgehead atoms. The third kappa shape index (κ3) is 4.25. The predicted molar refractivity (Wildman–Crippen MR) is 111 cm³/mol. The summed E-state index contributed by atoms with van der Waals surface area (Å²) in [6, 6.07) is 10.2. The Labute approximate surface area is 176 Å². The molecule has 152 valence electrons. The molecule has 0 aliphatic heterocycles. The van der Waals surface area contributed by atoms with E-state index in [1.165, 1.54) is 12.4 Å². The minimum Gasteiger partial charge on any atom is -0.402 e. The number of para-hydroxylation sites is 1. The number of halogens is 2. The largest absolute Gasteiger partial charge is 0.537 e. The summed E-state index contributed by atoms with van der Waals surface area (Å²) in [6.07, 6.45) is 2.61. The van der Waals surface area contributed by atoms with Crippen molar-refractivity contribution in [2.45, 2.75) is 0 Å². The number of phosphoric acid groups is 2. The van der Waals surface area contributed by atoms with Gasteiger partial charge in [-0.1, -0.05) is 23.7 Å². The van der Waals surface area contributed by atoms with E-state index in [1.807, 2.05) is 0 Å². The fourth-order valence-electron chi connectivity index (χ4n) is 2.73. The molecule has 4 rings (SSSR count). The smallest absolute Gasteiger partial charge is 0.402 e. The molecule has 2 atom stereocenters. The van der Waals surface area contributed by atoms with Gasteiger partial charge in [0, 0.05) is 27.8 Å². The van der Waals surface area contributed by atoms with Crippen molar-refractivity contribution in [1.82, 2.24) is 9.97 Å². The van der Waals surface area contributed by atoms with Crippen LogP contribution < -0.4 is 9.05 Å². The van der Waals surface area contributed by atoms with Crippen molar-refractivity contribution >= 4 is 65.0 Å². The van der Waals surface area contributed by atoms with Gasteiger partial charge in [-0.3, -0.25) is 9.79 Å². The van der Waals surface area contributed by atoms with E-state index in [0.717, 1.165) is 0 Å². The second kappa shape index (κ2) is 7.49. The fraction of sp³-hybridized carbons (Fsp3) is 0. The molecular formula is C16H12BrClN2O7P2. The van der Waals surface area contributed by atoms with Crippen LogP contribution in [-0.4, -0.2) is 19.8 Å². The van der Waals surface area contributed by atoms with Gasteiger partial charge in [0.05, 0.1) is 15.9 Å². The molecule has 0 fully saturated rings. The Morgan fingerprint density at radius 3 is 2.28 bits per heavy atom. The predicted octanol–water partition coefficient (Wildman–Crippen LogP) is 5.74. The molecule has 2 aromatic heterocycles. The van der Waals surface area contributed by atoms with Gasteiger partial charge in [0.2, 0.25) is 0 Å². The molecule has 0 aliphatic carbocycles. The summed E-state index contributed by atoms with van der Waals surface area (Å²) >= 11 is 9.44. The summed E-state index contributed by atoms with van der Waals surface area (Å²) in [7, 11) is -10.1. The number of nitrogens with one attached hydrogen (secondary N) is 2. The number of rotatable bonds is 6. The zero-order valence-electron chi connectivity index (χ0n) is 14.2. The summed E-state index contributed by atoms with van der Waals surface area (Å²) in [6.45, 7) is 0. The van der Waals surface area contributed by atoms with Crippen LogP contribution in [0.5, 0.6) is 11.5 Å². The number of phosphoric ester groups is 2. The number of benzene rings is 2. The highest BCUT2D eigenvalue weighted by Crippen LogP contribution is 2.61. The Hall–Kier alpha value is -1.77. The van der Waals surface area contributed by atoms with Crippen LogP contribution in [-0.2, 0) is 13.4 Å². The number of H-pyrrole nitrogens is 2. The third-order valence-corrected chi connectivity index (χ3v) is 7.67. The summed E-state index contributed by atoms with van der Waals surface area (Å²) in [5.74, 6) is -0.158. The molecule has 4 N–H and O–H groups in total. The van der Waals surface area contributed by atoms with E-state index in [-0.39, 0.29) is 16.5 Å². The van der Waals surface area contributed by atoms with Crippen LogP contribution in [0.15, 0.2) is 53.3 Å². The lowest BCUT2D eigenvalue weighted by Crippen LogP contribution is -2.00. The van der Waals surface area contributed by atoms with Gasteiger partial charge in [0.1, 0.15) is 0 Å². The van der Waals surface area contributed by atoms with Crippen LogP contribution in [0.2, 0.25) is 5.02 Å². The van der Waals surface area contributed by atoms with E-state index in [2.05, 4.69) is 30.2 Å². The Balaban J connectivity index is 1.57. The van der Waals surface area contributed by atoms with Crippen molar-refractivity contribution in [3.63, 3.8) is 0 Å². The Kier molecular flexibility index (Phi) is 5.29. The molecule has 2 unspecified atom stereocenters. The van der Waals surface area contributed by atoms with Gasteiger partial charge in [-0.05, 0) is 40.2 Å². The summed E-state index contributed by atoms with van der Waals surface area (Å²) < 4.78 is 39.5. The molecule has 0 aliphatic rings. The molecule has 0 amide bonds. The highest BCUT2D eigenvalue weighted by Gasteiger charge is 2.39. The lowest BCUT2D eigenvalue weighted by atomic mass is 10.2. The van der Waals surface area contributed by atoms with E-state index < -0.39 is 15.6 Å². The lowest BCUT2D eigenvalue weighted by Gasteiger charge is -2.16. The minimum absolute atomic E-state index is 0.0227. The molecule has 0 spiro atoms. The highest BCUT2D eigenvalue weighted by molar-refractivity contribution is 9.10. The zero-order valence-corrected chi connectivity index (χ0v) is 18.3. The lowest BCUT2D eigenvalue weighted by molar-refractivity contribution is 0.235. The second-order valence-electron chi connectivity index (χ2n) is 5.84. The molecule has 0 saturated heterocycles. The molecule has 0 radical (unpaired) electrons. The monoisotopic (exact) mass is 520 g/mol. The fourth-order valence-corrected chi connectivity index (χ4v) is 5.42. The molecule has 2 heterocycles. The van der Waals surface area contributed by atoms with Gasteiger partial charge in [0.15, 0.2) is 11.5 Å². The van der Waals surface area contributed by atoms with Crippen molar-refractivity contribution in [2.24, 2.45) is 0 Å². The maximum Gasteiger partial charge on any atom is 0.537 e. The Morgan fingerprint density at radius 1 is 0.897 bits per heavy atom. The van der Waals surface area contributed by atoms with Crippen molar-refractivity contribution in [3.05, 3.63) is 58.3 Å². The number of hydrogen-bond acceptors (Lipinski definition) is 5. The minimum atomic E-state index is -5.06. The number of hydrogen-bond donors (Lipinski definition) is 4. The average Bonchev–Trinajstić information content (AvgIpc) is 3.21. The van der Waals surface area contributed by atoms with E-state index in [4.69, 9.17) is 20.6 Å². The van der Waals surface area contributed by atoms with E-state index in [9.17, 15) is 18.9 Å². The van der Waals surface area contributed by atoms with Crippen molar-refractivity contribution in [1.29, 1.82) is 0 Å². The Bertz CT molecular complexity index is 1320. The zero-order chi connectivity index (χ0) is 20.8. The first-order valence-electron chi connectivity index (χ1n) is 7.92. The van der Waals surface area contributed by atoms with Crippen LogP contribution in [0, 0.1) is 0 Å². The van der Waals surface area contributed by atoms with Gasteiger partial charge >= 0.3 is 15.6 Å². The standard InChI is InChI=1S/C16H12BrClN2O7P2/c17-10-5-6-12-15(16(10)18)14(8-20-12)26-29(23,24)27-28(21,22)25-13-7-19-11-4-2-1-3-9(11)13/h1-8,19-20H,(H,21,22)(H,23,24). The van der Waals surface area contributed by atoms with Crippen LogP contribution in [0.3, 0.4) is 0 Å². The van der Waals surface area contributed by atoms with E-state index in [0.29, 0.717) is 26.3 Å². The van der Waals surface area contributed by atoms with E-state index >= 15 is 0 Å². The van der Waals surface area contributed by atoms with Crippen LogP contribution in [0.4, 0.5) is 0 Å². The normalized spacial score (nSPS) is 15.9. The topological polar surface area (TPSA) is 134 Å². The van der Waals surface area contributed by atoms with E-state index in [1.54, 1.807) is 36.4 Å². The summed E-state index contributed by atoms with van der Waals surface area (Å²) in [4.78, 5) is 25.6. The third-order valence-electron chi connectivity index (χ3n) is 3.89. The van der Waals surface area contributed by atoms with Crippen LogP contribution in [0.25, 0.3) is 21.8 Å².